The van der Waals surface area contributed by atoms with Crippen LogP contribution in [0.1, 0.15) is 18.4 Å². The van der Waals surface area contributed by atoms with Crippen LogP contribution in [0.4, 0.5) is 4.39 Å². The fourth-order valence-corrected chi connectivity index (χ4v) is 1.93. The third kappa shape index (κ3) is 2.80. The van der Waals surface area contributed by atoms with Gasteiger partial charge in [-0.15, -0.1) is 0 Å². The Balaban J connectivity index is 2.25. The smallest absolute Gasteiger partial charge is 0.130 e. The first-order valence-electron chi connectivity index (χ1n) is 5.11. The van der Waals surface area contributed by atoms with Crippen LogP contribution in [0, 0.1) is 5.82 Å². The molecule has 0 aromatic heterocycles. The van der Waals surface area contributed by atoms with E-state index in [9.17, 15) is 4.39 Å². The first-order chi connectivity index (χ1) is 7.25. The van der Waals surface area contributed by atoms with Crippen molar-refractivity contribution in [1.82, 2.24) is 5.32 Å². The van der Waals surface area contributed by atoms with Gasteiger partial charge in [0, 0.05) is 17.1 Å². The van der Waals surface area contributed by atoms with Crippen molar-refractivity contribution < 1.29 is 4.39 Å². The van der Waals surface area contributed by atoms with Crippen LogP contribution in [-0.2, 0) is 0 Å². The zero-order chi connectivity index (χ0) is 10.7. The third-order valence-corrected chi connectivity index (χ3v) is 2.76. The number of rotatable bonds is 1. The van der Waals surface area contributed by atoms with Crippen LogP contribution in [0.5, 0.6) is 0 Å². The molecular weight excluding hydrogens is 213 g/mol. The van der Waals surface area contributed by atoms with Gasteiger partial charge >= 0.3 is 0 Å². The zero-order valence-corrected chi connectivity index (χ0v) is 9.15. The second-order valence-electron chi connectivity index (χ2n) is 3.75. The summed E-state index contributed by atoms with van der Waals surface area (Å²) in [5.74, 6) is -0.211. The van der Waals surface area contributed by atoms with Crippen molar-refractivity contribution in [2.45, 2.75) is 12.8 Å². The molecule has 1 aromatic carbocycles. The van der Waals surface area contributed by atoms with Gasteiger partial charge in [-0.1, -0.05) is 23.3 Å². The van der Waals surface area contributed by atoms with Crippen molar-refractivity contribution in [3.05, 3.63) is 40.2 Å². The van der Waals surface area contributed by atoms with Crippen LogP contribution in [0.15, 0.2) is 23.8 Å². The molecule has 0 saturated carbocycles. The van der Waals surface area contributed by atoms with Crippen molar-refractivity contribution in [2.24, 2.45) is 0 Å². The maximum atomic E-state index is 13.4. The van der Waals surface area contributed by atoms with E-state index in [1.165, 1.54) is 11.6 Å². The van der Waals surface area contributed by atoms with Gasteiger partial charge in [0.2, 0.25) is 0 Å². The molecule has 1 nitrogen and oxygen atoms in total. The molecule has 2 rings (SSSR count). The highest BCUT2D eigenvalue weighted by Crippen LogP contribution is 2.19. The predicted octanol–water partition coefficient (Wildman–Crippen LogP) is 3.25. The van der Waals surface area contributed by atoms with Gasteiger partial charge in [-0.25, -0.2) is 4.39 Å². The van der Waals surface area contributed by atoms with Gasteiger partial charge in [0.05, 0.1) is 0 Å². The molecule has 80 valence electrons. The predicted molar refractivity (Wildman–Crippen MR) is 61.5 cm³/mol. The highest BCUT2D eigenvalue weighted by Gasteiger charge is 2.06. The number of benzene rings is 1. The minimum atomic E-state index is -0.211. The second-order valence-corrected chi connectivity index (χ2v) is 4.19. The van der Waals surface area contributed by atoms with Gasteiger partial charge in [0.25, 0.3) is 0 Å². The monoisotopic (exact) mass is 225 g/mol. The molecular formula is C12H13ClFN. The van der Waals surface area contributed by atoms with Gasteiger partial charge in [-0.3, -0.25) is 0 Å². The van der Waals surface area contributed by atoms with Crippen LogP contribution in [0.3, 0.4) is 0 Å². The lowest BCUT2D eigenvalue weighted by Crippen LogP contribution is -2.23. The lowest BCUT2D eigenvalue weighted by molar-refractivity contribution is 0.609. The Kier molecular flexibility index (Phi) is 3.39. The van der Waals surface area contributed by atoms with E-state index in [1.54, 1.807) is 12.1 Å². The summed E-state index contributed by atoms with van der Waals surface area (Å²) in [6.45, 7) is 1.90. The minimum Gasteiger partial charge on any atom is -0.313 e. The van der Waals surface area contributed by atoms with Gasteiger partial charge in [0.1, 0.15) is 5.82 Å². The van der Waals surface area contributed by atoms with E-state index in [-0.39, 0.29) is 5.82 Å². The Hall–Kier alpha value is -0.860. The fraction of sp³-hybridized carbons (Fsp3) is 0.333. The van der Waals surface area contributed by atoms with Gasteiger partial charge < -0.3 is 5.32 Å². The van der Waals surface area contributed by atoms with Crippen LogP contribution < -0.4 is 5.32 Å². The lowest BCUT2D eigenvalue weighted by atomic mass is 10.0. The number of hydrogen-bond acceptors (Lipinski definition) is 1. The first kappa shape index (κ1) is 10.7. The van der Waals surface area contributed by atoms with Crippen LogP contribution in [0.25, 0.3) is 6.08 Å². The summed E-state index contributed by atoms with van der Waals surface area (Å²) in [5.41, 5.74) is 1.82. The Labute approximate surface area is 93.9 Å². The molecule has 1 N–H and O–H groups in total. The summed E-state index contributed by atoms with van der Waals surface area (Å²) >= 11 is 5.82. The van der Waals surface area contributed by atoms with E-state index < -0.39 is 0 Å². The maximum absolute atomic E-state index is 13.4. The first-order valence-corrected chi connectivity index (χ1v) is 5.49. The summed E-state index contributed by atoms with van der Waals surface area (Å²) in [6, 6.07) is 4.64. The van der Waals surface area contributed by atoms with E-state index in [2.05, 4.69) is 5.32 Å². The number of halogens is 2. The SMILES string of the molecule is Fc1ccc(Cl)cc1/C=C1/CCCNC1. The van der Waals surface area contributed by atoms with Crippen molar-refractivity contribution in [1.29, 1.82) is 0 Å². The van der Waals surface area contributed by atoms with E-state index in [0.717, 1.165) is 25.9 Å². The Bertz CT molecular complexity index is 379. The highest BCUT2D eigenvalue weighted by molar-refractivity contribution is 6.30. The summed E-state index contributed by atoms with van der Waals surface area (Å²) in [6.07, 6.45) is 4.06. The van der Waals surface area contributed by atoms with Gasteiger partial charge in [-0.05, 0) is 37.6 Å². The van der Waals surface area contributed by atoms with Crippen LogP contribution >= 0.6 is 11.6 Å². The topological polar surface area (TPSA) is 12.0 Å². The van der Waals surface area contributed by atoms with E-state index >= 15 is 0 Å². The van der Waals surface area contributed by atoms with Crippen LogP contribution in [-0.4, -0.2) is 13.1 Å². The molecule has 0 unspecified atom stereocenters. The van der Waals surface area contributed by atoms with Crippen molar-refractivity contribution >= 4 is 17.7 Å². The van der Waals surface area contributed by atoms with Crippen molar-refractivity contribution in [2.75, 3.05) is 13.1 Å². The molecule has 1 aliphatic rings. The largest absolute Gasteiger partial charge is 0.313 e. The lowest BCUT2D eigenvalue weighted by Gasteiger charge is -2.15. The number of nitrogens with one attached hydrogen (secondary N) is 1. The molecule has 3 heteroatoms. The molecule has 0 amide bonds. The highest BCUT2D eigenvalue weighted by atomic mass is 35.5. The zero-order valence-electron chi connectivity index (χ0n) is 8.39. The van der Waals surface area contributed by atoms with E-state index in [4.69, 9.17) is 11.6 Å². The molecule has 0 atom stereocenters. The quantitative estimate of drug-likeness (QED) is 0.774. The molecule has 0 spiro atoms. The maximum Gasteiger partial charge on any atom is 0.130 e. The molecule has 1 aliphatic heterocycles. The Morgan fingerprint density at radius 3 is 3.00 bits per heavy atom. The summed E-state index contributed by atoms with van der Waals surface area (Å²) in [5, 5.41) is 3.84. The minimum absolute atomic E-state index is 0.211. The molecule has 1 fully saturated rings. The van der Waals surface area contributed by atoms with Gasteiger partial charge in [0.15, 0.2) is 0 Å². The molecule has 1 saturated heterocycles. The average Bonchev–Trinajstić information content (AvgIpc) is 2.25. The molecule has 15 heavy (non-hydrogen) atoms. The molecule has 1 aromatic rings. The second kappa shape index (κ2) is 4.77. The van der Waals surface area contributed by atoms with Crippen molar-refractivity contribution in [3.63, 3.8) is 0 Å². The fourth-order valence-electron chi connectivity index (χ4n) is 1.75. The van der Waals surface area contributed by atoms with E-state index in [1.807, 2.05) is 6.08 Å². The Morgan fingerprint density at radius 1 is 1.40 bits per heavy atom. The Morgan fingerprint density at radius 2 is 2.27 bits per heavy atom. The van der Waals surface area contributed by atoms with E-state index in [0.29, 0.717) is 10.6 Å². The van der Waals surface area contributed by atoms with Crippen molar-refractivity contribution in [3.8, 4) is 0 Å². The molecule has 1 heterocycles. The molecule has 0 radical (unpaired) electrons. The average molecular weight is 226 g/mol. The van der Waals surface area contributed by atoms with Crippen LogP contribution in [0.2, 0.25) is 5.02 Å². The standard InChI is InChI=1S/C12H13ClFN/c13-11-3-4-12(14)10(7-11)6-9-2-1-5-15-8-9/h3-4,6-7,15H,1-2,5,8H2/b9-6-. The summed E-state index contributed by atoms with van der Waals surface area (Å²) < 4.78 is 13.4. The number of hydrogen-bond donors (Lipinski definition) is 1. The molecule has 0 bridgehead atoms. The van der Waals surface area contributed by atoms with Gasteiger partial charge in [-0.2, -0.15) is 0 Å². The number of piperidine rings is 1. The summed E-state index contributed by atoms with van der Waals surface area (Å²) in [7, 11) is 0. The summed E-state index contributed by atoms with van der Waals surface area (Å²) in [4.78, 5) is 0. The normalized spacial score (nSPS) is 19.5. The third-order valence-electron chi connectivity index (χ3n) is 2.52. The molecule has 0 aliphatic carbocycles.